The molecule has 3 aromatic carbocycles. The molecule has 7 nitrogen and oxygen atoms in total. The minimum atomic E-state index is -0.882. The van der Waals surface area contributed by atoms with Crippen LogP contribution in [0.25, 0.3) is 0 Å². The Morgan fingerprint density at radius 1 is 1.03 bits per heavy atom. The lowest BCUT2D eigenvalue weighted by Gasteiger charge is -2.24. The predicted octanol–water partition coefficient (Wildman–Crippen LogP) is 5.19. The summed E-state index contributed by atoms with van der Waals surface area (Å²) in [6.07, 6.45) is -0.177. The van der Waals surface area contributed by atoms with Crippen molar-refractivity contribution in [3.63, 3.8) is 0 Å². The van der Waals surface area contributed by atoms with Crippen LogP contribution >= 0.6 is 23.8 Å². The Hall–Kier alpha value is -3.82. The lowest BCUT2D eigenvalue weighted by atomic mass is 10.1. The minimum Gasteiger partial charge on any atom is -0.462 e. The zero-order valence-electron chi connectivity index (χ0n) is 19.8. The van der Waals surface area contributed by atoms with E-state index in [1.54, 1.807) is 48.2 Å². The number of ether oxygens (including phenoxy) is 1. The van der Waals surface area contributed by atoms with Crippen LogP contribution in [0.5, 0.6) is 0 Å². The van der Waals surface area contributed by atoms with Crippen LogP contribution < -0.4 is 10.2 Å². The van der Waals surface area contributed by atoms with E-state index >= 15 is 0 Å². The van der Waals surface area contributed by atoms with Crippen LogP contribution in [-0.4, -0.2) is 40.4 Å². The number of carbonyl (C=O) groups is 3. The summed E-state index contributed by atoms with van der Waals surface area (Å²) in [7, 11) is 0. The zero-order valence-corrected chi connectivity index (χ0v) is 21.4. The summed E-state index contributed by atoms with van der Waals surface area (Å²) >= 11 is 11.6. The molecule has 0 spiro atoms. The Bertz CT molecular complexity index is 1320. The number of thiocarbonyl (C=S) groups is 1. The number of hydrogen-bond acceptors (Lipinski definition) is 5. The molecule has 1 fully saturated rings. The van der Waals surface area contributed by atoms with Gasteiger partial charge in [0, 0.05) is 17.3 Å². The van der Waals surface area contributed by atoms with E-state index in [0.717, 1.165) is 5.56 Å². The third kappa shape index (κ3) is 6.12. The van der Waals surface area contributed by atoms with Gasteiger partial charge < -0.3 is 15.0 Å². The maximum atomic E-state index is 13.5. The van der Waals surface area contributed by atoms with Gasteiger partial charge >= 0.3 is 5.97 Å². The van der Waals surface area contributed by atoms with Gasteiger partial charge in [-0.05, 0) is 85.4 Å². The first-order valence-electron chi connectivity index (χ1n) is 11.5. The van der Waals surface area contributed by atoms with Crippen molar-refractivity contribution in [3.8, 4) is 0 Å². The van der Waals surface area contributed by atoms with Crippen LogP contribution in [0.1, 0.15) is 29.3 Å². The molecule has 2 amide bonds. The molecule has 10 heteroatoms. The molecule has 190 valence electrons. The molecule has 37 heavy (non-hydrogen) atoms. The molecule has 3 aromatic rings. The van der Waals surface area contributed by atoms with Crippen LogP contribution in [0.2, 0.25) is 5.02 Å². The molecule has 0 bridgehead atoms. The first-order valence-corrected chi connectivity index (χ1v) is 12.3. The lowest BCUT2D eigenvalue weighted by molar-refractivity contribution is -0.124. The van der Waals surface area contributed by atoms with E-state index in [1.807, 2.05) is 12.1 Å². The normalized spacial score (nSPS) is 15.2. The van der Waals surface area contributed by atoms with E-state index in [9.17, 15) is 18.8 Å². The molecule has 0 aromatic heterocycles. The maximum absolute atomic E-state index is 13.5. The fraction of sp³-hybridized carbons (Fsp3) is 0.185. The number of anilines is 2. The summed E-state index contributed by atoms with van der Waals surface area (Å²) in [6.45, 7) is 2.25. The summed E-state index contributed by atoms with van der Waals surface area (Å²) in [6, 6.07) is 17.9. The molecule has 1 unspecified atom stereocenters. The van der Waals surface area contributed by atoms with E-state index in [4.69, 9.17) is 28.6 Å². The van der Waals surface area contributed by atoms with Gasteiger partial charge in [0.25, 0.3) is 5.91 Å². The molecule has 1 aliphatic rings. The second-order valence-corrected chi connectivity index (χ2v) is 9.05. The third-order valence-electron chi connectivity index (χ3n) is 5.73. The highest BCUT2D eigenvalue weighted by Crippen LogP contribution is 2.29. The van der Waals surface area contributed by atoms with E-state index in [1.165, 1.54) is 29.2 Å². The highest BCUT2D eigenvalue weighted by Gasteiger charge is 2.44. The number of rotatable bonds is 8. The van der Waals surface area contributed by atoms with E-state index in [0.29, 0.717) is 22.0 Å². The number of carbonyl (C=O) groups excluding carboxylic acids is 3. The van der Waals surface area contributed by atoms with Gasteiger partial charge in [0.15, 0.2) is 5.11 Å². The van der Waals surface area contributed by atoms with Crippen LogP contribution in [0.15, 0.2) is 72.8 Å². The third-order valence-corrected chi connectivity index (χ3v) is 6.40. The number of benzene rings is 3. The van der Waals surface area contributed by atoms with E-state index < -0.39 is 29.6 Å². The van der Waals surface area contributed by atoms with Gasteiger partial charge in [0.05, 0.1) is 24.3 Å². The number of esters is 1. The number of nitrogens with zero attached hydrogens (tertiary/aromatic N) is 2. The lowest BCUT2D eigenvalue weighted by Crippen LogP contribution is -2.37. The number of nitrogens with one attached hydrogen (secondary N) is 1. The minimum absolute atomic E-state index is 0.177. The maximum Gasteiger partial charge on any atom is 0.338 e. The number of hydrogen-bond donors (Lipinski definition) is 1. The van der Waals surface area contributed by atoms with Crippen LogP contribution in [0, 0.1) is 5.82 Å². The van der Waals surface area contributed by atoms with Crippen molar-refractivity contribution in [1.29, 1.82) is 0 Å². The molecule has 0 saturated carbocycles. The van der Waals surface area contributed by atoms with Gasteiger partial charge in [-0.2, -0.15) is 0 Å². The second kappa shape index (κ2) is 11.5. The van der Waals surface area contributed by atoms with Crippen molar-refractivity contribution >= 4 is 58.1 Å². The van der Waals surface area contributed by atoms with Gasteiger partial charge in [0.1, 0.15) is 11.9 Å². The molecule has 0 radical (unpaired) electrons. The van der Waals surface area contributed by atoms with Crippen molar-refractivity contribution in [2.24, 2.45) is 0 Å². The second-order valence-electron chi connectivity index (χ2n) is 8.25. The molecular formula is C27H23ClFN3O4S. The first kappa shape index (κ1) is 26.2. The summed E-state index contributed by atoms with van der Waals surface area (Å²) in [5.41, 5.74) is 2.08. The number of amides is 2. The molecule has 1 atom stereocenters. The van der Waals surface area contributed by atoms with Crippen molar-refractivity contribution in [2.45, 2.75) is 25.9 Å². The Labute approximate surface area is 223 Å². The highest BCUT2D eigenvalue weighted by atomic mass is 35.5. The van der Waals surface area contributed by atoms with Crippen LogP contribution in [0.3, 0.4) is 0 Å². The number of halogens is 2. The van der Waals surface area contributed by atoms with Crippen LogP contribution in [0.4, 0.5) is 15.8 Å². The smallest absolute Gasteiger partial charge is 0.338 e. The molecule has 1 saturated heterocycles. The van der Waals surface area contributed by atoms with Crippen molar-refractivity contribution < 1.29 is 23.5 Å². The molecule has 1 heterocycles. The molecular weight excluding hydrogens is 517 g/mol. The summed E-state index contributed by atoms with van der Waals surface area (Å²) in [5.74, 6) is -1.70. The average molecular weight is 540 g/mol. The molecule has 4 rings (SSSR count). The van der Waals surface area contributed by atoms with Gasteiger partial charge in [-0.25, -0.2) is 9.18 Å². The van der Waals surface area contributed by atoms with Gasteiger partial charge in [-0.15, -0.1) is 0 Å². The average Bonchev–Trinajstić information content (AvgIpc) is 3.10. The van der Waals surface area contributed by atoms with E-state index in [-0.39, 0.29) is 24.7 Å². The fourth-order valence-electron chi connectivity index (χ4n) is 3.92. The fourth-order valence-corrected chi connectivity index (χ4v) is 4.43. The Balaban J connectivity index is 1.54. The summed E-state index contributed by atoms with van der Waals surface area (Å²) < 4.78 is 18.5. The Morgan fingerprint density at radius 2 is 1.68 bits per heavy atom. The highest BCUT2D eigenvalue weighted by molar-refractivity contribution is 7.80. The summed E-state index contributed by atoms with van der Waals surface area (Å²) in [4.78, 5) is 41.3. The van der Waals surface area contributed by atoms with Gasteiger partial charge in [0.2, 0.25) is 5.91 Å². The van der Waals surface area contributed by atoms with Crippen LogP contribution in [-0.2, 0) is 20.9 Å². The van der Waals surface area contributed by atoms with E-state index in [2.05, 4.69) is 5.32 Å². The largest absolute Gasteiger partial charge is 0.462 e. The quantitative estimate of drug-likeness (QED) is 0.314. The van der Waals surface area contributed by atoms with Crippen molar-refractivity contribution in [3.05, 3.63) is 94.8 Å². The van der Waals surface area contributed by atoms with Crippen molar-refractivity contribution in [1.82, 2.24) is 4.90 Å². The molecule has 1 aliphatic heterocycles. The topological polar surface area (TPSA) is 78.9 Å². The SMILES string of the molecule is CCOC(=O)c1ccc(NC(=O)CC2C(=O)N(c3ccc(F)cc3)C(=S)N2Cc2ccc(Cl)cc2)cc1. The first-order chi connectivity index (χ1) is 17.8. The molecule has 1 N–H and O–H groups in total. The molecule has 0 aliphatic carbocycles. The standard InChI is InChI=1S/C27H23ClFN3O4S/c1-2-36-26(35)18-5-11-21(12-6-18)30-24(33)15-23-25(34)32(22-13-9-20(29)10-14-22)27(37)31(23)16-17-3-7-19(28)8-4-17/h3-14,23H,2,15-16H2,1H3,(H,30,33). The van der Waals surface area contributed by atoms with Gasteiger partial charge in [-0.1, -0.05) is 23.7 Å². The zero-order chi connectivity index (χ0) is 26.5. The Morgan fingerprint density at radius 3 is 2.30 bits per heavy atom. The summed E-state index contributed by atoms with van der Waals surface area (Å²) in [5, 5.41) is 3.54. The van der Waals surface area contributed by atoms with Gasteiger partial charge in [-0.3, -0.25) is 14.5 Å². The predicted molar refractivity (Wildman–Crippen MR) is 143 cm³/mol. The Kier molecular flexibility index (Phi) is 8.15. The monoisotopic (exact) mass is 539 g/mol. The van der Waals surface area contributed by atoms with Crippen molar-refractivity contribution in [2.75, 3.05) is 16.8 Å².